The molecule has 1 aliphatic heterocycles. The van der Waals surface area contributed by atoms with Crippen molar-refractivity contribution in [3.8, 4) is 0 Å². The minimum Gasteiger partial charge on any atom is -0.379 e. The highest BCUT2D eigenvalue weighted by Crippen LogP contribution is 2.28. The maximum absolute atomic E-state index is 6.05. The number of aryl methyl sites for hydroxylation is 1. The van der Waals surface area contributed by atoms with Gasteiger partial charge in [0.25, 0.3) is 0 Å². The Hall–Kier alpha value is -1.10. The van der Waals surface area contributed by atoms with Crippen molar-refractivity contribution in [1.29, 1.82) is 0 Å². The molecule has 1 aliphatic rings. The zero-order valence-corrected chi connectivity index (χ0v) is 12.7. The summed E-state index contributed by atoms with van der Waals surface area (Å²) in [5, 5.41) is 4.29. The smallest absolute Gasteiger partial charge is 0.116 e. The molecule has 0 radical (unpaired) electrons. The van der Waals surface area contributed by atoms with Crippen molar-refractivity contribution >= 4 is 22.6 Å². The van der Waals surface area contributed by atoms with Crippen LogP contribution in [0, 0.1) is 0 Å². The number of hydrogen-bond acceptors (Lipinski definition) is 3. The molecule has 2 heterocycles. The molecule has 0 aliphatic carbocycles. The average Bonchev–Trinajstić information content (AvgIpc) is 3.01. The molecule has 1 saturated heterocycles. The maximum atomic E-state index is 6.05. The number of imidazole rings is 1. The van der Waals surface area contributed by atoms with Gasteiger partial charge in [-0.25, -0.2) is 4.98 Å². The fraction of sp³-hybridized carbons (Fsp3) is 0.533. The van der Waals surface area contributed by atoms with Crippen molar-refractivity contribution in [2.45, 2.75) is 25.3 Å². The number of fused-ring (bicyclic) bond motifs is 1. The monoisotopic (exact) mass is 293 g/mol. The first-order chi connectivity index (χ1) is 9.70. The number of benzene rings is 1. The van der Waals surface area contributed by atoms with E-state index in [4.69, 9.17) is 21.3 Å². The Labute approximate surface area is 124 Å². The lowest BCUT2D eigenvalue weighted by atomic mass is 10.0. The third-order valence-corrected chi connectivity index (χ3v) is 4.18. The van der Waals surface area contributed by atoms with E-state index >= 15 is 0 Å². The fourth-order valence-corrected chi connectivity index (χ4v) is 3.03. The van der Waals surface area contributed by atoms with Crippen molar-refractivity contribution in [2.24, 2.45) is 7.05 Å². The summed E-state index contributed by atoms with van der Waals surface area (Å²) in [5.41, 5.74) is 2.07. The number of halogens is 1. The first-order valence-electron chi connectivity index (χ1n) is 7.13. The molecule has 0 bridgehead atoms. The number of hydrogen-bond donors (Lipinski definition) is 1. The van der Waals surface area contributed by atoms with E-state index in [1.54, 1.807) is 0 Å². The van der Waals surface area contributed by atoms with Gasteiger partial charge in [-0.15, -0.1) is 0 Å². The summed E-state index contributed by atoms with van der Waals surface area (Å²) in [6, 6.07) is 6.21. The quantitative estimate of drug-likeness (QED) is 0.942. The van der Waals surface area contributed by atoms with Crippen LogP contribution in [0.15, 0.2) is 18.2 Å². The van der Waals surface area contributed by atoms with Crippen molar-refractivity contribution in [3.63, 3.8) is 0 Å². The number of rotatable bonds is 4. The first-order valence-corrected chi connectivity index (χ1v) is 7.51. The van der Waals surface area contributed by atoms with Crippen LogP contribution in [-0.2, 0) is 11.8 Å². The molecule has 1 N–H and O–H groups in total. The van der Waals surface area contributed by atoms with Gasteiger partial charge in [0.05, 0.1) is 30.2 Å². The molecule has 0 spiro atoms. The van der Waals surface area contributed by atoms with Gasteiger partial charge >= 0.3 is 0 Å². The van der Waals surface area contributed by atoms with Crippen molar-refractivity contribution < 1.29 is 4.74 Å². The Morgan fingerprint density at radius 3 is 3.10 bits per heavy atom. The van der Waals surface area contributed by atoms with Gasteiger partial charge in [-0.2, -0.15) is 0 Å². The summed E-state index contributed by atoms with van der Waals surface area (Å²) >= 11 is 6.05. The number of ether oxygens (including phenoxy) is 1. The second kappa shape index (κ2) is 5.72. The maximum Gasteiger partial charge on any atom is 0.116 e. The molecule has 1 aromatic heterocycles. The number of nitrogens with one attached hydrogen (secondary N) is 1. The molecule has 3 rings (SSSR count). The predicted molar refractivity (Wildman–Crippen MR) is 81.4 cm³/mol. The van der Waals surface area contributed by atoms with Gasteiger partial charge in [-0.1, -0.05) is 18.5 Å². The van der Waals surface area contributed by atoms with E-state index in [2.05, 4.69) is 23.9 Å². The molecule has 0 saturated carbocycles. The molecular formula is C15H20ClN3O. The summed E-state index contributed by atoms with van der Waals surface area (Å²) in [6.07, 6.45) is 1.13. The summed E-state index contributed by atoms with van der Waals surface area (Å²) in [6.45, 7) is 4.68. The Balaban J connectivity index is 1.94. The van der Waals surface area contributed by atoms with Crippen LogP contribution in [0.25, 0.3) is 11.0 Å². The van der Waals surface area contributed by atoms with Gasteiger partial charge in [0.15, 0.2) is 0 Å². The molecule has 4 nitrogen and oxygen atoms in total. The molecule has 2 aromatic rings. The number of aromatic nitrogens is 2. The van der Waals surface area contributed by atoms with Gasteiger partial charge in [0.1, 0.15) is 5.82 Å². The van der Waals surface area contributed by atoms with E-state index in [1.165, 1.54) is 0 Å². The van der Waals surface area contributed by atoms with Gasteiger partial charge in [-0.05, 0) is 31.2 Å². The van der Waals surface area contributed by atoms with Crippen LogP contribution in [0.5, 0.6) is 0 Å². The highest BCUT2D eigenvalue weighted by molar-refractivity contribution is 6.31. The van der Waals surface area contributed by atoms with Crippen LogP contribution >= 0.6 is 11.6 Å². The first kappa shape index (κ1) is 13.9. The van der Waals surface area contributed by atoms with E-state index in [1.807, 2.05) is 18.2 Å². The number of nitrogens with zero attached hydrogens (tertiary/aromatic N) is 2. The zero-order chi connectivity index (χ0) is 14.1. The highest BCUT2D eigenvalue weighted by Gasteiger charge is 2.32. The van der Waals surface area contributed by atoms with Gasteiger partial charge < -0.3 is 14.6 Å². The van der Waals surface area contributed by atoms with Crippen molar-refractivity contribution in [1.82, 2.24) is 14.9 Å². The lowest BCUT2D eigenvalue weighted by molar-refractivity contribution is 0.187. The van der Waals surface area contributed by atoms with Crippen LogP contribution in [0.4, 0.5) is 0 Å². The van der Waals surface area contributed by atoms with Gasteiger partial charge in [-0.3, -0.25) is 0 Å². The largest absolute Gasteiger partial charge is 0.379 e. The van der Waals surface area contributed by atoms with E-state index in [0.29, 0.717) is 12.0 Å². The standard InChI is InChI=1S/C15H20ClN3O/c1-3-6-17-13-9-20-8-11(13)15-18-12-7-10(16)4-5-14(12)19(15)2/h4-5,7,11,13,17H,3,6,8-9H2,1-2H3. The molecular weight excluding hydrogens is 274 g/mol. The lowest BCUT2D eigenvalue weighted by Gasteiger charge is -2.18. The van der Waals surface area contributed by atoms with E-state index < -0.39 is 0 Å². The van der Waals surface area contributed by atoms with Crippen molar-refractivity contribution in [2.75, 3.05) is 19.8 Å². The molecule has 108 valence electrons. The summed E-state index contributed by atoms with van der Waals surface area (Å²) < 4.78 is 7.81. The van der Waals surface area contributed by atoms with Crippen LogP contribution < -0.4 is 5.32 Å². The third kappa shape index (κ3) is 2.43. The predicted octanol–water partition coefficient (Wildman–Crippen LogP) is 2.71. The zero-order valence-electron chi connectivity index (χ0n) is 11.9. The van der Waals surface area contributed by atoms with Crippen LogP contribution in [0.1, 0.15) is 25.1 Å². The Bertz CT molecular complexity index is 610. The lowest BCUT2D eigenvalue weighted by Crippen LogP contribution is -2.35. The molecule has 1 aromatic carbocycles. The minimum absolute atomic E-state index is 0.303. The van der Waals surface area contributed by atoms with Crippen LogP contribution in [0.3, 0.4) is 0 Å². The fourth-order valence-electron chi connectivity index (χ4n) is 2.86. The van der Waals surface area contributed by atoms with Crippen molar-refractivity contribution in [3.05, 3.63) is 29.0 Å². The normalized spacial score (nSPS) is 22.8. The Morgan fingerprint density at radius 1 is 1.45 bits per heavy atom. The topological polar surface area (TPSA) is 39.1 Å². The average molecular weight is 294 g/mol. The highest BCUT2D eigenvalue weighted by atomic mass is 35.5. The van der Waals surface area contributed by atoms with Crippen LogP contribution in [0.2, 0.25) is 5.02 Å². The third-order valence-electron chi connectivity index (χ3n) is 3.95. The molecule has 5 heteroatoms. The Morgan fingerprint density at radius 2 is 2.30 bits per heavy atom. The summed E-state index contributed by atoms with van der Waals surface area (Å²) in [5.74, 6) is 1.38. The van der Waals surface area contributed by atoms with E-state index in [0.717, 1.165) is 48.1 Å². The molecule has 20 heavy (non-hydrogen) atoms. The van der Waals surface area contributed by atoms with Gasteiger partial charge in [0.2, 0.25) is 0 Å². The molecule has 1 fully saturated rings. The summed E-state index contributed by atoms with van der Waals surface area (Å²) in [7, 11) is 2.06. The molecule has 2 unspecified atom stereocenters. The minimum atomic E-state index is 0.303. The van der Waals surface area contributed by atoms with E-state index in [-0.39, 0.29) is 0 Å². The van der Waals surface area contributed by atoms with E-state index in [9.17, 15) is 0 Å². The SMILES string of the molecule is CCCNC1COCC1c1nc2cc(Cl)ccc2n1C. The second-order valence-corrected chi connectivity index (χ2v) is 5.80. The Kier molecular flexibility index (Phi) is 3.96. The molecule has 2 atom stereocenters. The second-order valence-electron chi connectivity index (χ2n) is 5.37. The van der Waals surface area contributed by atoms with Crippen LogP contribution in [-0.4, -0.2) is 35.4 Å². The summed E-state index contributed by atoms with van der Waals surface area (Å²) in [4.78, 5) is 4.77. The molecule has 0 amide bonds. The van der Waals surface area contributed by atoms with Gasteiger partial charge in [0, 0.05) is 18.1 Å².